The first kappa shape index (κ1) is 15.2. The number of nitrogens with two attached hydrogens (primary N) is 1. The number of nitrogens with zero attached hydrogens (tertiary/aromatic N) is 1. The lowest BCUT2D eigenvalue weighted by Gasteiger charge is -2.30. The average Bonchev–Trinajstić information content (AvgIpc) is 2.69. The van der Waals surface area contributed by atoms with Gasteiger partial charge in [-0.25, -0.2) is 0 Å². The van der Waals surface area contributed by atoms with E-state index in [1.54, 1.807) is 0 Å². The lowest BCUT2D eigenvalue weighted by atomic mass is 9.97. The van der Waals surface area contributed by atoms with E-state index in [1.807, 2.05) is 11.0 Å². The van der Waals surface area contributed by atoms with Gasteiger partial charge in [0.25, 0.3) is 0 Å². The minimum Gasteiger partial charge on any atom is -0.369 e. The monoisotopic (exact) mass is 408 g/mol. The Morgan fingerprint density at radius 2 is 2.21 bits per heavy atom. The molecule has 0 saturated carbocycles. The number of likely N-dealkylation sites (tertiary alicyclic amines) is 1. The largest absolute Gasteiger partial charge is 0.369 e. The molecule has 1 aliphatic heterocycles. The fourth-order valence-corrected chi connectivity index (χ4v) is 5.11. The Kier molecular flexibility index (Phi) is 5.16. The van der Waals surface area contributed by atoms with Gasteiger partial charge in [0.2, 0.25) is 5.91 Å². The second-order valence-electron chi connectivity index (χ2n) is 4.64. The predicted molar refractivity (Wildman–Crippen MR) is 82.4 cm³/mol. The minimum atomic E-state index is -0.267. The third kappa shape index (κ3) is 3.87. The van der Waals surface area contributed by atoms with Gasteiger partial charge in [0, 0.05) is 12.1 Å². The molecule has 1 fully saturated rings. The smallest absolute Gasteiger partial charge is 0.221 e. The molecular formula is C12H14Br2N2O2S. The number of ketones is 1. The Bertz CT molecular complexity index is 504. The van der Waals surface area contributed by atoms with Crippen LogP contribution in [-0.4, -0.2) is 36.2 Å². The van der Waals surface area contributed by atoms with Gasteiger partial charge in [-0.05, 0) is 57.3 Å². The second kappa shape index (κ2) is 6.47. The highest BCUT2D eigenvalue weighted by Crippen LogP contribution is 2.32. The molecule has 0 radical (unpaired) electrons. The molecule has 1 aliphatic rings. The van der Waals surface area contributed by atoms with E-state index in [1.165, 1.54) is 11.3 Å². The van der Waals surface area contributed by atoms with E-state index in [-0.39, 0.29) is 17.6 Å². The normalized spacial score (nSPS) is 20.4. The summed E-state index contributed by atoms with van der Waals surface area (Å²) in [5.74, 6) is -0.324. The van der Waals surface area contributed by atoms with Crippen molar-refractivity contribution in [2.75, 3.05) is 19.6 Å². The van der Waals surface area contributed by atoms with Crippen molar-refractivity contribution >= 4 is 54.9 Å². The lowest BCUT2D eigenvalue weighted by Crippen LogP contribution is -2.43. The van der Waals surface area contributed by atoms with Gasteiger partial charge in [0.1, 0.15) is 0 Å². The van der Waals surface area contributed by atoms with Crippen molar-refractivity contribution in [3.8, 4) is 0 Å². The van der Waals surface area contributed by atoms with Crippen LogP contribution in [0, 0.1) is 5.92 Å². The fourth-order valence-electron chi connectivity index (χ4n) is 2.25. The van der Waals surface area contributed by atoms with Crippen LogP contribution in [0.25, 0.3) is 0 Å². The summed E-state index contributed by atoms with van der Waals surface area (Å²) in [5.41, 5.74) is 6.03. The number of carbonyl (C=O) groups is 2. The van der Waals surface area contributed by atoms with Crippen molar-refractivity contribution in [2.24, 2.45) is 11.7 Å². The Morgan fingerprint density at radius 3 is 2.79 bits per heavy atom. The first-order valence-corrected chi connectivity index (χ1v) is 8.37. The van der Waals surface area contributed by atoms with Crippen LogP contribution in [-0.2, 0) is 4.79 Å². The van der Waals surface area contributed by atoms with Gasteiger partial charge in [0.05, 0.1) is 20.0 Å². The molecule has 104 valence electrons. The molecule has 0 bridgehead atoms. The highest BCUT2D eigenvalue weighted by Gasteiger charge is 2.26. The zero-order valence-electron chi connectivity index (χ0n) is 10.2. The molecule has 2 heterocycles. The quantitative estimate of drug-likeness (QED) is 0.777. The van der Waals surface area contributed by atoms with E-state index in [0.29, 0.717) is 18.7 Å². The first-order valence-electron chi connectivity index (χ1n) is 5.97. The minimum absolute atomic E-state index is 0.0685. The van der Waals surface area contributed by atoms with E-state index >= 15 is 0 Å². The van der Waals surface area contributed by atoms with E-state index in [0.717, 1.165) is 27.0 Å². The molecule has 2 N–H and O–H groups in total. The van der Waals surface area contributed by atoms with E-state index in [9.17, 15) is 9.59 Å². The summed E-state index contributed by atoms with van der Waals surface area (Å²) < 4.78 is 1.77. The highest BCUT2D eigenvalue weighted by atomic mass is 79.9. The fraction of sp³-hybridized carbons (Fsp3) is 0.500. The second-order valence-corrected chi connectivity index (χ2v) is 8.39. The molecule has 1 aromatic heterocycles. The number of halogens is 2. The molecule has 1 atom stereocenters. The molecule has 1 saturated heterocycles. The number of Topliss-reactive ketones (excluding diaryl/α,β-unsaturated/α-hetero) is 1. The maximum absolute atomic E-state index is 12.2. The molecule has 0 aromatic carbocycles. The number of piperidine rings is 1. The lowest BCUT2D eigenvalue weighted by molar-refractivity contribution is -0.123. The van der Waals surface area contributed by atoms with Gasteiger partial charge in [-0.2, -0.15) is 0 Å². The number of amides is 1. The van der Waals surface area contributed by atoms with Crippen LogP contribution >= 0.6 is 43.2 Å². The Morgan fingerprint density at radius 1 is 1.47 bits per heavy atom. The van der Waals surface area contributed by atoms with Gasteiger partial charge in [-0.15, -0.1) is 11.3 Å². The van der Waals surface area contributed by atoms with Gasteiger partial charge in [-0.1, -0.05) is 0 Å². The van der Waals surface area contributed by atoms with Gasteiger partial charge in [-0.3, -0.25) is 14.5 Å². The zero-order valence-corrected chi connectivity index (χ0v) is 14.2. The van der Waals surface area contributed by atoms with E-state index < -0.39 is 0 Å². The number of thiophene rings is 1. The van der Waals surface area contributed by atoms with Gasteiger partial charge >= 0.3 is 0 Å². The standard InChI is InChI=1S/C12H14Br2N2O2S/c13-10-4-8(11(14)19-10)9(17)6-16-3-1-2-7(5-16)12(15)18/h4,7H,1-3,5-6H2,(H2,15,18). The Labute approximate surface area is 132 Å². The molecule has 1 amide bonds. The van der Waals surface area contributed by atoms with Crippen molar-refractivity contribution in [3.63, 3.8) is 0 Å². The molecule has 7 heteroatoms. The molecule has 1 aromatic rings. The van der Waals surface area contributed by atoms with Gasteiger partial charge in [0.15, 0.2) is 5.78 Å². The van der Waals surface area contributed by atoms with Gasteiger partial charge < -0.3 is 5.73 Å². The zero-order chi connectivity index (χ0) is 14.0. The van der Waals surface area contributed by atoms with E-state index in [2.05, 4.69) is 31.9 Å². The van der Waals surface area contributed by atoms with E-state index in [4.69, 9.17) is 5.73 Å². The number of carbonyl (C=O) groups excluding carboxylic acids is 2. The third-order valence-corrected chi connectivity index (χ3v) is 5.57. The third-order valence-electron chi connectivity index (χ3n) is 3.23. The average molecular weight is 410 g/mol. The van der Waals surface area contributed by atoms with Crippen LogP contribution in [0.15, 0.2) is 13.6 Å². The summed E-state index contributed by atoms with van der Waals surface area (Å²) in [4.78, 5) is 25.4. The number of rotatable bonds is 4. The molecule has 4 nitrogen and oxygen atoms in total. The summed E-state index contributed by atoms with van der Waals surface area (Å²) in [6.45, 7) is 1.77. The summed E-state index contributed by atoms with van der Waals surface area (Å²) in [7, 11) is 0. The maximum Gasteiger partial charge on any atom is 0.221 e. The van der Waals surface area contributed by atoms with Crippen molar-refractivity contribution in [1.82, 2.24) is 4.90 Å². The summed E-state index contributed by atoms with van der Waals surface area (Å²) in [6.07, 6.45) is 1.74. The molecule has 0 spiro atoms. The SMILES string of the molecule is NC(=O)C1CCCN(CC(=O)c2cc(Br)sc2Br)C1. The van der Waals surface area contributed by atoms with Crippen LogP contribution in [0.3, 0.4) is 0 Å². The Hall–Kier alpha value is -0.240. The van der Waals surface area contributed by atoms with Crippen molar-refractivity contribution in [2.45, 2.75) is 12.8 Å². The summed E-state index contributed by atoms with van der Waals surface area (Å²) >= 11 is 8.24. The van der Waals surface area contributed by atoms with Crippen LogP contribution in [0.2, 0.25) is 0 Å². The molecule has 1 unspecified atom stereocenters. The number of hydrogen-bond acceptors (Lipinski definition) is 4. The summed E-state index contributed by atoms with van der Waals surface area (Å²) in [5, 5.41) is 0. The topological polar surface area (TPSA) is 63.4 Å². The van der Waals surface area contributed by atoms with Crippen molar-refractivity contribution < 1.29 is 9.59 Å². The maximum atomic E-state index is 12.2. The van der Waals surface area contributed by atoms with Crippen LogP contribution < -0.4 is 5.73 Å². The molecular weight excluding hydrogens is 396 g/mol. The molecule has 0 aliphatic carbocycles. The van der Waals surface area contributed by atoms with Crippen LogP contribution in [0.4, 0.5) is 0 Å². The van der Waals surface area contributed by atoms with Crippen LogP contribution in [0.5, 0.6) is 0 Å². The molecule has 2 rings (SSSR count). The predicted octanol–water partition coefficient (Wildman–Crippen LogP) is 2.65. The number of primary amides is 1. The van der Waals surface area contributed by atoms with Crippen LogP contribution in [0.1, 0.15) is 23.2 Å². The number of hydrogen-bond donors (Lipinski definition) is 1. The molecule has 19 heavy (non-hydrogen) atoms. The highest BCUT2D eigenvalue weighted by molar-refractivity contribution is 9.12. The van der Waals surface area contributed by atoms with Crippen molar-refractivity contribution in [1.29, 1.82) is 0 Å². The first-order chi connectivity index (χ1) is 8.97. The Balaban J connectivity index is 1.99. The van der Waals surface area contributed by atoms with Crippen molar-refractivity contribution in [3.05, 3.63) is 19.2 Å². The summed E-state index contributed by atoms with van der Waals surface area (Å²) in [6, 6.07) is 1.83.